The maximum Gasteiger partial charge on any atom is 0.0937 e. The lowest BCUT2D eigenvalue weighted by atomic mass is 9.84. The molecule has 0 aromatic rings. The van der Waals surface area contributed by atoms with Gasteiger partial charge in [0.25, 0.3) is 0 Å². The molecule has 0 spiro atoms. The summed E-state index contributed by atoms with van der Waals surface area (Å²) in [7, 11) is 0. The van der Waals surface area contributed by atoms with E-state index in [1.165, 1.54) is 0 Å². The first-order valence-corrected chi connectivity index (χ1v) is 4.39. The number of nitrogens with one attached hydrogen (secondary N) is 1. The Bertz CT molecular complexity index is 118. The predicted molar refractivity (Wildman–Crippen MR) is 41.9 cm³/mol. The van der Waals surface area contributed by atoms with Gasteiger partial charge in [0.1, 0.15) is 0 Å². The van der Waals surface area contributed by atoms with Crippen molar-refractivity contribution in [2.75, 3.05) is 6.26 Å². The van der Waals surface area contributed by atoms with E-state index < -0.39 is 0 Å². The van der Waals surface area contributed by atoms with Crippen LogP contribution in [-0.4, -0.2) is 17.3 Å². The molecular formula is C6H12N2S. The van der Waals surface area contributed by atoms with Gasteiger partial charge in [0.05, 0.1) is 5.84 Å². The van der Waals surface area contributed by atoms with Gasteiger partial charge in [-0.05, 0) is 19.1 Å². The van der Waals surface area contributed by atoms with Crippen molar-refractivity contribution < 1.29 is 0 Å². The third kappa shape index (κ3) is 1.39. The third-order valence-corrected chi connectivity index (χ3v) is 2.92. The summed E-state index contributed by atoms with van der Waals surface area (Å²) in [6, 6.07) is 0. The van der Waals surface area contributed by atoms with Gasteiger partial charge in [-0.2, -0.15) is 11.8 Å². The van der Waals surface area contributed by atoms with E-state index >= 15 is 0 Å². The molecule has 0 saturated heterocycles. The Balaban J connectivity index is 2.19. The first kappa shape index (κ1) is 6.93. The Labute approximate surface area is 59.7 Å². The van der Waals surface area contributed by atoms with Crippen LogP contribution < -0.4 is 5.73 Å². The molecule has 1 saturated carbocycles. The third-order valence-electron chi connectivity index (χ3n) is 1.87. The minimum Gasteiger partial charge on any atom is -0.387 e. The maximum atomic E-state index is 7.09. The van der Waals surface area contributed by atoms with Crippen LogP contribution in [-0.2, 0) is 0 Å². The number of hydrogen-bond acceptors (Lipinski definition) is 2. The highest BCUT2D eigenvalue weighted by molar-refractivity contribution is 7.99. The van der Waals surface area contributed by atoms with E-state index in [2.05, 4.69) is 6.26 Å². The highest BCUT2D eigenvalue weighted by atomic mass is 32.2. The van der Waals surface area contributed by atoms with Crippen LogP contribution in [0.25, 0.3) is 0 Å². The molecule has 0 atom stereocenters. The number of thioether (sulfide) groups is 1. The van der Waals surface area contributed by atoms with Gasteiger partial charge >= 0.3 is 0 Å². The molecule has 0 heterocycles. The predicted octanol–water partition coefficient (Wildman–Crippen LogP) is 1.06. The Morgan fingerprint density at radius 1 is 1.67 bits per heavy atom. The van der Waals surface area contributed by atoms with Gasteiger partial charge in [-0.15, -0.1) is 0 Å². The zero-order chi connectivity index (χ0) is 6.85. The fourth-order valence-electron chi connectivity index (χ4n) is 1.01. The lowest BCUT2D eigenvalue weighted by Gasteiger charge is -2.32. The topological polar surface area (TPSA) is 49.9 Å². The zero-order valence-electron chi connectivity index (χ0n) is 5.55. The molecule has 0 aromatic heterocycles. The quantitative estimate of drug-likeness (QED) is 0.450. The Morgan fingerprint density at radius 3 is 2.56 bits per heavy atom. The van der Waals surface area contributed by atoms with E-state index in [1.54, 1.807) is 0 Å². The van der Waals surface area contributed by atoms with Crippen LogP contribution >= 0.6 is 11.8 Å². The lowest BCUT2D eigenvalue weighted by Crippen LogP contribution is -2.36. The van der Waals surface area contributed by atoms with Gasteiger partial charge in [-0.25, -0.2) is 0 Å². The number of hydrogen-bond donors (Lipinski definition) is 2. The van der Waals surface area contributed by atoms with Crippen LogP contribution in [0, 0.1) is 11.3 Å². The van der Waals surface area contributed by atoms with Gasteiger partial charge in [-0.1, -0.05) is 0 Å². The number of amidine groups is 1. The fraction of sp³-hybridized carbons (Fsp3) is 0.833. The van der Waals surface area contributed by atoms with Crippen molar-refractivity contribution in [3.8, 4) is 0 Å². The SMILES string of the molecule is CSC1CC(C(=N)N)C1. The van der Waals surface area contributed by atoms with E-state index in [1.807, 2.05) is 11.8 Å². The maximum absolute atomic E-state index is 7.09. The van der Waals surface area contributed by atoms with Crippen molar-refractivity contribution in [3.63, 3.8) is 0 Å². The minimum absolute atomic E-state index is 0.375. The second-order valence-corrected chi connectivity index (χ2v) is 3.62. The van der Waals surface area contributed by atoms with Crippen LogP contribution in [0.1, 0.15) is 12.8 Å². The molecule has 1 aliphatic carbocycles. The van der Waals surface area contributed by atoms with Gasteiger partial charge in [-0.3, -0.25) is 5.41 Å². The molecule has 0 radical (unpaired) electrons. The summed E-state index contributed by atoms with van der Waals surface area (Å²) in [4.78, 5) is 0. The summed E-state index contributed by atoms with van der Waals surface area (Å²) in [6.07, 6.45) is 4.36. The number of nitrogens with two attached hydrogens (primary N) is 1. The minimum atomic E-state index is 0.375. The van der Waals surface area contributed by atoms with E-state index in [-0.39, 0.29) is 0 Å². The van der Waals surface area contributed by atoms with Crippen LogP contribution in [0.5, 0.6) is 0 Å². The molecule has 1 rings (SSSR count). The van der Waals surface area contributed by atoms with Gasteiger partial charge in [0.15, 0.2) is 0 Å². The van der Waals surface area contributed by atoms with Crippen LogP contribution in [0.4, 0.5) is 0 Å². The summed E-state index contributed by atoms with van der Waals surface area (Å²) in [5.74, 6) is 0.780. The molecule has 1 aliphatic rings. The number of rotatable bonds is 2. The zero-order valence-corrected chi connectivity index (χ0v) is 6.37. The molecule has 3 N–H and O–H groups in total. The summed E-state index contributed by atoms with van der Waals surface area (Å²) in [5.41, 5.74) is 5.29. The van der Waals surface area contributed by atoms with Crippen LogP contribution in [0.15, 0.2) is 0 Å². The van der Waals surface area contributed by atoms with Crippen LogP contribution in [0.3, 0.4) is 0 Å². The molecule has 0 aliphatic heterocycles. The van der Waals surface area contributed by atoms with Crippen LogP contribution in [0.2, 0.25) is 0 Å². The van der Waals surface area contributed by atoms with Gasteiger partial charge in [0.2, 0.25) is 0 Å². The van der Waals surface area contributed by atoms with Gasteiger partial charge in [0, 0.05) is 11.2 Å². The molecule has 0 unspecified atom stereocenters. The van der Waals surface area contributed by atoms with Crippen molar-refractivity contribution in [3.05, 3.63) is 0 Å². The summed E-state index contributed by atoms with van der Waals surface area (Å²) < 4.78 is 0. The monoisotopic (exact) mass is 144 g/mol. The standard InChI is InChI=1S/C6H12N2S/c1-9-5-2-4(3-5)6(7)8/h4-5H,2-3H2,1H3,(H3,7,8). The second-order valence-electron chi connectivity index (χ2n) is 2.48. The molecule has 3 heteroatoms. The Kier molecular flexibility index (Phi) is 2.01. The second kappa shape index (κ2) is 2.60. The molecule has 0 bridgehead atoms. The molecule has 0 amide bonds. The largest absolute Gasteiger partial charge is 0.387 e. The average molecular weight is 144 g/mol. The Hall–Kier alpha value is -0.180. The normalized spacial score (nSPS) is 33.4. The van der Waals surface area contributed by atoms with E-state index in [0.717, 1.165) is 18.1 Å². The Morgan fingerprint density at radius 2 is 2.22 bits per heavy atom. The molecule has 9 heavy (non-hydrogen) atoms. The lowest BCUT2D eigenvalue weighted by molar-refractivity contribution is 0.425. The first-order valence-electron chi connectivity index (χ1n) is 3.10. The van der Waals surface area contributed by atoms with E-state index in [9.17, 15) is 0 Å². The van der Waals surface area contributed by atoms with Crippen molar-refractivity contribution in [1.82, 2.24) is 0 Å². The molecule has 1 fully saturated rings. The van der Waals surface area contributed by atoms with Crippen molar-refractivity contribution in [2.45, 2.75) is 18.1 Å². The summed E-state index contributed by atoms with van der Waals surface area (Å²) in [5, 5.41) is 7.86. The highest BCUT2D eigenvalue weighted by Crippen LogP contribution is 2.35. The molecule has 2 nitrogen and oxygen atoms in total. The summed E-state index contributed by atoms with van der Waals surface area (Å²) >= 11 is 1.88. The van der Waals surface area contributed by atoms with Crippen molar-refractivity contribution in [1.29, 1.82) is 5.41 Å². The molecule has 52 valence electrons. The smallest absolute Gasteiger partial charge is 0.0937 e. The first-order chi connectivity index (χ1) is 4.24. The van der Waals surface area contributed by atoms with Gasteiger partial charge < -0.3 is 5.73 Å². The summed E-state index contributed by atoms with van der Waals surface area (Å²) in [6.45, 7) is 0. The highest BCUT2D eigenvalue weighted by Gasteiger charge is 2.29. The van der Waals surface area contributed by atoms with Crippen molar-refractivity contribution in [2.24, 2.45) is 11.7 Å². The molecule has 0 aromatic carbocycles. The average Bonchev–Trinajstić information content (AvgIpc) is 1.61. The fourth-order valence-corrected chi connectivity index (χ4v) is 1.86. The molecular weight excluding hydrogens is 132 g/mol. The van der Waals surface area contributed by atoms with E-state index in [4.69, 9.17) is 11.1 Å². The van der Waals surface area contributed by atoms with Crippen molar-refractivity contribution >= 4 is 17.6 Å². The van der Waals surface area contributed by atoms with E-state index in [0.29, 0.717) is 11.8 Å².